The Morgan fingerprint density at radius 1 is 1.00 bits per heavy atom. The van der Waals surface area contributed by atoms with Crippen LogP contribution in [-0.4, -0.2) is 5.78 Å². The quantitative estimate of drug-likeness (QED) is 0.559. The monoisotopic (exact) mass is 182 g/mol. The molecule has 0 spiro atoms. The molecule has 2 unspecified atom stereocenters. The summed E-state index contributed by atoms with van der Waals surface area (Å²) in [4.78, 5) is 11.4. The van der Waals surface area contributed by atoms with Gasteiger partial charge in [-0.25, -0.2) is 0 Å². The molecule has 0 aromatic heterocycles. The number of hydrogen-bond donors (Lipinski definition) is 0. The molecule has 0 aliphatic heterocycles. The summed E-state index contributed by atoms with van der Waals surface area (Å²) in [5.74, 6) is 1.84. The Hall–Kier alpha value is -0.330. The largest absolute Gasteiger partial charge is 0.299 e. The zero-order valence-corrected chi connectivity index (χ0v) is 9.01. The first-order valence-electron chi connectivity index (χ1n) is 5.90. The molecule has 0 aromatic rings. The molecule has 0 amide bonds. The standard InChI is InChI=1S/C10H16O.C2H6/c11-10-7-3-5-8-4-1-2-6-9(8)10;1-2/h8-9H,1-7H2;1-2H3. The van der Waals surface area contributed by atoms with Crippen molar-refractivity contribution >= 4 is 5.78 Å². The fraction of sp³-hybridized carbons (Fsp3) is 0.917. The van der Waals surface area contributed by atoms with Crippen molar-refractivity contribution in [2.45, 2.75) is 58.8 Å². The summed E-state index contributed by atoms with van der Waals surface area (Å²) in [6.45, 7) is 4.00. The fourth-order valence-electron chi connectivity index (χ4n) is 2.70. The molecular formula is C12H22O. The smallest absolute Gasteiger partial charge is 0.136 e. The highest BCUT2D eigenvalue weighted by Crippen LogP contribution is 2.38. The van der Waals surface area contributed by atoms with Gasteiger partial charge in [-0.2, -0.15) is 0 Å². The molecule has 2 aliphatic carbocycles. The molecule has 1 nitrogen and oxygen atoms in total. The van der Waals surface area contributed by atoms with Crippen molar-refractivity contribution in [3.8, 4) is 0 Å². The Balaban J connectivity index is 0.000000396. The fourth-order valence-corrected chi connectivity index (χ4v) is 2.70. The van der Waals surface area contributed by atoms with Crippen molar-refractivity contribution in [2.24, 2.45) is 11.8 Å². The van der Waals surface area contributed by atoms with Crippen LogP contribution in [0.15, 0.2) is 0 Å². The van der Waals surface area contributed by atoms with Crippen LogP contribution in [0, 0.1) is 11.8 Å². The van der Waals surface area contributed by atoms with E-state index in [4.69, 9.17) is 0 Å². The highest BCUT2D eigenvalue weighted by atomic mass is 16.1. The average molecular weight is 182 g/mol. The zero-order valence-electron chi connectivity index (χ0n) is 9.01. The predicted octanol–water partition coefficient (Wildman–Crippen LogP) is 3.57. The molecule has 2 atom stereocenters. The molecule has 0 bridgehead atoms. The SMILES string of the molecule is CC.O=C1CCCC2CCCCC12. The van der Waals surface area contributed by atoms with Crippen molar-refractivity contribution < 1.29 is 4.79 Å². The van der Waals surface area contributed by atoms with Crippen LogP contribution < -0.4 is 0 Å². The topological polar surface area (TPSA) is 17.1 Å². The molecule has 2 fully saturated rings. The number of hydrogen-bond acceptors (Lipinski definition) is 1. The first-order valence-corrected chi connectivity index (χ1v) is 5.90. The van der Waals surface area contributed by atoms with E-state index in [0.717, 1.165) is 12.3 Å². The van der Waals surface area contributed by atoms with E-state index in [2.05, 4.69) is 0 Å². The first kappa shape index (κ1) is 10.7. The lowest BCUT2D eigenvalue weighted by Gasteiger charge is -2.33. The number of Topliss-reactive ketones (excluding diaryl/α,β-unsaturated/α-hetero) is 1. The number of fused-ring (bicyclic) bond motifs is 1. The summed E-state index contributed by atoms with van der Waals surface area (Å²) in [5.41, 5.74) is 0. The minimum Gasteiger partial charge on any atom is -0.299 e. The van der Waals surface area contributed by atoms with Gasteiger partial charge in [0.15, 0.2) is 0 Å². The number of carbonyl (C=O) groups is 1. The van der Waals surface area contributed by atoms with Gasteiger partial charge >= 0.3 is 0 Å². The maximum absolute atomic E-state index is 11.4. The summed E-state index contributed by atoms with van der Waals surface area (Å²) in [7, 11) is 0. The summed E-state index contributed by atoms with van der Waals surface area (Å²) in [6.07, 6.45) is 8.57. The van der Waals surface area contributed by atoms with Crippen LogP contribution in [0.4, 0.5) is 0 Å². The van der Waals surface area contributed by atoms with Crippen LogP contribution in [0.25, 0.3) is 0 Å². The van der Waals surface area contributed by atoms with Gasteiger partial charge in [-0.1, -0.05) is 26.7 Å². The van der Waals surface area contributed by atoms with Crippen LogP contribution in [0.3, 0.4) is 0 Å². The van der Waals surface area contributed by atoms with Gasteiger partial charge in [0.2, 0.25) is 0 Å². The molecular weight excluding hydrogens is 160 g/mol. The van der Waals surface area contributed by atoms with Crippen LogP contribution in [0.5, 0.6) is 0 Å². The van der Waals surface area contributed by atoms with Gasteiger partial charge in [0, 0.05) is 12.3 Å². The second-order valence-corrected chi connectivity index (χ2v) is 4.01. The highest BCUT2D eigenvalue weighted by Gasteiger charge is 2.32. The lowest BCUT2D eigenvalue weighted by atomic mass is 9.70. The second-order valence-electron chi connectivity index (χ2n) is 4.01. The Morgan fingerprint density at radius 3 is 2.31 bits per heavy atom. The normalized spacial score (nSPS) is 32.9. The maximum atomic E-state index is 11.4. The molecule has 1 heteroatoms. The molecule has 2 aliphatic rings. The minimum atomic E-state index is 0.484. The zero-order chi connectivity index (χ0) is 9.68. The third kappa shape index (κ3) is 2.55. The molecule has 0 radical (unpaired) electrons. The highest BCUT2D eigenvalue weighted by molar-refractivity contribution is 5.82. The minimum absolute atomic E-state index is 0.484. The molecule has 13 heavy (non-hydrogen) atoms. The van der Waals surface area contributed by atoms with E-state index in [1.807, 2.05) is 13.8 Å². The van der Waals surface area contributed by atoms with Gasteiger partial charge in [-0.15, -0.1) is 0 Å². The van der Waals surface area contributed by atoms with E-state index in [1.165, 1.54) is 38.5 Å². The van der Waals surface area contributed by atoms with Crippen LogP contribution in [-0.2, 0) is 4.79 Å². The molecule has 0 aromatic carbocycles. The van der Waals surface area contributed by atoms with E-state index in [9.17, 15) is 4.79 Å². The van der Waals surface area contributed by atoms with Crippen molar-refractivity contribution in [1.82, 2.24) is 0 Å². The van der Waals surface area contributed by atoms with Crippen LogP contribution >= 0.6 is 0 Å². The van der Waals surface area contributed by atoms with E-state index < -0.39 is 0 Å². The number of carbonyl (C=O) groups excluding carboxylic acids is 1. The van der Waals surface area contributed by atoms with E-state index >= 15 is 0 Å². The summed E-state index contributed by atoms with van der Waals surface area (Å²) < 4.78 is 0. The summed E-state index contributed by atoms with van der Waals surface area (Å²) in [6, 6.07) is 0. The van der Waals surface area contributed by atoms with Crippen molar-refractivity contribution in [3.63, 3.8) is 0 Å². The molecule has 2 saturated carbocycles. The second kappa shape index (κ2) is 5.41. The molecule has 0 heterocycles. The van der Waals surface area contributed by atoms with Gasteiger partial charge in [0.25, 0.3) is 0 Å². The van der Waals surface area contributed by atoms with E-state index in [1.54, 1.807) is 0 Å². The van der Waals surface area contributed by atoms with Gasteiger partial charge in [-0.05, 0) is 31.6 Å². The Morgan fingerprint density at radius 2 is 1.62 bits per heavy atom. The van der Waals surface area contributed by atoms with Gasteiger partial charge in [0.1, 0.15) is 5.78 Å². The lowest BCUT2D eigenvalue weighted by molar-refractivity contribution is -0.127. The molecule has 2 rings (SSSR count). The summed E-state index contributed by atoms with van der Waals surface area (Å²) >= 11 is 0. The first-order chi connectivity index (χ1) is 6.38. The Labute approximate surface area is 81.9 Å². The van der Waals surface area contributed by atoms with Gasteiger partial charge in [-0.3, -0.25) is 4.79 Å². The number of rotatable bonds is 0. The van der Waals surface area contributed by atoms with Gasteiger partial charge in [0.05, 0.1) is 0 Å². The summed E-state index contributed by atoms with van der Waals surface area (Å²) in [5, 5.41) is 0. The van der Waals surface area contributed by atoms with Crippen molar-refractivity contribution in [1.29, 1.82) is 0 Å². The van der Waals surface area contributed by atoms with Crippen molar-refractivity contribution in [3.05, 3.63) is 0 Å². The van der Waals surface area contributed by atoms with Crippen molar-refractivity contribution in [2.75, 3.05) is 0 Å². The average Bonchev–Trinajstić information content (AvgIpc) is 2.22. The Kier molecular flexibility index (Phi) is 4.47. The maximum Gasteiger partial charge on any atom is 0.136 e. The number of ketones is 1. The van der Waals surface area contributed by atoms with Crippen LogP contribution in [0.2, 0.25) is 0 Å². The third-order valence-corrected chi connectivity index (χ3v) is 3.32. The molecule has 0 saturated heterocycles. The van der Waals surface area contributed by atoms with Gasteiger partial charge < -0.3 is 0 Å². The predicted molar refractivity (Wildman–Crippen MR) is 55.7 cm³/mol. The molecule has 0 N–H and O–H groups in total. The van der Waals surface area contributed by atoms with E-state index in [0.29, 0.717) is 11.7 Å². The van der Waals surface area contributed by atoms with Crippen LogP contribution in [0.1, 0.15) is 58.8 Å². The lowest BCUT2D eigenvalue weighted by Crippen LogP contribution is -2.30. The van der Waals surface area contributed by atoms with E-state index in [-0.39, 0.29) is 0 Å². The third-order valence-electron chi connectivity index (χ3n) is 3.32. The molecule has 76 valence electrons. The Bertz CT molecular complexity index is 161.